The van der Waals surface area contributed by atoms with E-state index in [4.69, 9.17) is 5.11 Å². The second kappa shape index (κ2) is 4.96. The van der Waals surface area contributed by atoms with Crippen molar-refractivity contribution in [2.24, 2.45) is 5.92 Å². The predicted molar refractivity (Wildman–Crippen MR) is 68.9 cm³/mol. The molecule has 100 valence electrons. The highest BCUT2D eigenvalue weighted by Crippen LogP contribution is 2.38. The Morgan fingerprint density at radius 2 is 2.21 bits per heavy atom. The molecule has 1 unspecified atom stereocenters. The summed E-state index contributed by atoms with van der Waals surface area (Å²) in [7, 11) is 0. The first-order valence-electron chi connectivity index (χ1n) is 5.38. The molecule has 0 spiro atoms. The maximum absolute atomic E-state index is 11.8. The number of nitrogens with zero attached hydrogens (tertiary/aromatic N) is 2. The lowest BCUT2D eigenvalue weighted by molar-refractivity contribution is -0.384. The van der Waals surface area contributed by atoms with Crippen molar-refractivity contribution in [2.45, 2.75) is 6.42 Å². The fraction of sp³-hybridized carbons (Fsp3) is 0.273. The van der Waals surface area contributed by atoms with E-state index in [-0.39, 0.29) is 24.3 Å². The van der Waals surface area contributed by atoms with Gasteiger partial charge in [-0.1, -0.05) is 6.07 Å². The number of nitro groups is 1. The molecular formula is C11H9BrN2O5. The van der Waals surface area contributed by atoms with Gasteiger partial charge in [0, 0.05) is 23.5 Å². The largest absolute Gasteiger partial charge is 0.481 e. The van der Waals surface area contributed by atoms with Crippen molar-refractivity contribution < 1.29 is 19.6 Å². The summed E-state index contributed by atoms with van der Waals surface area (Å²) in [5.41, 5.74) is -0.116. The third kappa shape index (κ3) is 2.43. The molecule has 0 bridgehead atoms. The fourth-order valence-corrected chi connectivity index (χ4v) is 2.58. The highest BCUT2D eigenvalue weighted by atomic mass is 79.9. The number of amides is 1. The number of carboxylic acids is 1. The molecule has 1 atom stereocenters. The molecule has 1 aliphatic rings. The number of hydrogen-bond donors (Lipinski definition) is 1. The number of benzene rings is 1. The summed E-state index contributed by atoms with van der Waals surface area (Å²) >= 11 is 3.16. The summed E-state index contributed by atoms with van der Waals surface area (Å²) in [5, 5.41) is 19.9. The summed E-state index contributed by atoms with van der Waals surface area (Å²) < 4.78 is 0.390. The van der Waals surface area contributed by atoms with Crippen LogP contribution < -0.4 is 4.90 Å². The molecule has 1 fully saturated rings. The molecule has 1 saturated heterocycles. The van der Waals surface area contributed by atoms with E-state index in [1.165, 1.54) is 12.1 Å². The van der Waals surface area contributed by atoms with E-state index in [1.807, 2.05) is 0 Å². The van der Waals surface area contributed by atoms with Gasteiger partial charge in [-0.15, -0.1) is 0 Å². The molecule has 7 nitrogen and oxygen atoms in total. The lowest BCUT2D eigenvalue weighted by Crippen LogP contribution is -2.26. The molecule has 0 aromatic heterocycles. The van der Waals surface area contributed by atoms with Crippen LogP contribution in [0.3, 0.4) is 0 Å². The first-order valence-corrected chi connectivity index (χ1v) is 6.17. The molecule has 1 N–H and O–H groups in total. The number of carboxylic acid groups (broad SMARTS) is 1. The van der Waals surface area contributed by atoms with Gasteiger partial charge in [0.1, 0.15) is 5.69 Å². The van der Waals surface area contributed by atoms with Gasteiger partial charge in [-0.05, 0) is 22.0 Å². The average Bonchev–Trinajstić information content (AvgIpc) is 2.71. The Labute approximate surface area is 116 Å². The minimum absolute atomic E-state index is 0.0579. The molecule has 1 amide bonds. The molecule has 1 aliphatic heterocycles. The summed E-state index contributed by atoms with van der Waals surface area (Å²) in [6.07, 6.45) is -0.145. The Morgan fingerprint density at radius 1 is 1.53 bits per heavy atom. The van der Waals surface area contributed by atoms with Crippen LogP contribution >= 0.6 is 15.9 Å². The third-order valence-electron chi connectivity index (χ3n) is 2.91. The summed E-state index contributed by atoms with van der Waals surface area (Å²) in [6, 6.07) is 4.34. The second-order valence-corrected chi connectivity index (χ2v) is 4.96. The Hall–Kier alpha value is -1.96. The standard InChI is InChI=1S/C11H9BrN2O5/c12-7-2-1-3-8(14(18)19)10(7)13-5-6(11(16)17)4-9(13)15/h1-3,6H,4-5H2,(H,16,17). The zero-order chi connectivity index (χ0) is 14.2. The van der Waals surface area contributed by atoms with E-state index in [1.54, 1.807) is 6.07 Å². The van der Waals surface area contributed by atoms with Crippen LogP contribution in [0.2, 0.25) is 0 Å². The van der Waals surface area contributed by atoms with Gasteiger partial charge < -0.3 is 10.0 Å². The van der Waals surface area contributed by atoms with Crippen LogP contribution in [0.5, 0.6) is 0 Å². The Bertz CT molecular complexity index is 574. The van der Waals surface area contributed by atoms with Crippen LogP contribution in [0, 0.1) is 16.0 Å². The second-order valence-electron chi connectivity index (χ2n) is 4.11. The van der Waals surface area contributed by atoms with Gasteiger partial charge in [0.15, 0.2) is 0 Å². The highest BCUT2D eigenvalue weighted by molar-refractivity contribution is 9.10. The topological polar surface area (TPSA) is 101 Å². The molecule has 0 saturated carbocycles. The van der Waals surface area contributed by atoms with Gasteiger partial charge in [0.2, 0.25) is 5.91 Å². The van der Waals surface area contributed by atoms with Crippen molar-refractivity contribution in [3.8, 4) is 0 Å². The summed E-state index contributed by atoms with van der Waals surface area (Å²) in [5.74, 6) is -2.34. The molecule has 2 rings (SSSR count). The first kappa shape index (κ1) is 13.5. The van der Waals surface area contributed by atoms with Crippen molar-refractivity contribution >= 4 is 39.2 Å². The monoisotopic (exact) mass is 328 g/mol. The lowest BCUT2D eigenvalue weighted by atomic mass is 10.1. The Balaban J connectivity index is 2.45. The number of aliphatic carboxylic acids is 1. The van der Waals surface area contributed by atoms with Gasteiger partial charge in [-0.25, -0.2) is 0 Å². The van der Waals surface area contributed by atoms with E-state index in [9.17, 15) is 19.7 Å². The number of para-hydroxylation sites is 1. The van der Waals surface area contributed by atoms with Crippen LogP contribution in [0.15, 0.2) is 22.7 Å². The van der Waals surface area contributed by atoms with Gasteiger partial charge in [-0.3, -0.25) is 19.7 Å². The number of nitro benzene ring substituents is 1. The van der Waals surface area contributed by atoms with E-state index in [0.29, 0.717) is 4.47 Å². The van der Waals surface area contributed by atoms with Crippen molar-refractivity contribution in [3.63, 3.8) is 0 Å². The smallest absolute Gasteiger partial charge is 0.308 e. The third-order valence-corrected chi connectivity index (χ3v) is 3.55. The molecule has 0 radical (unpaired) electrons. The number of hydrogen-bond acceptors (Lipinski definition) is 4. The zero-order valence-corrected chi connectivity index (χ0v) is 11.2. The fourth-order valence-electron chi connectivity index (χ4n) is 2.01. The quantitative estimate of drug-likeness (QED) is 0.673. The van der Waals surface area contributed by atoms with Crippen LogP contribution in [0.1, 0.15) is 6.42 Å². The maximum atomic E-state index is 11.8. The maximum Gasteiger partial charge on any atom is 0.308 e. The number of carbonyl (C=O) groups is 2. The normalized spacial score (nSPS) is 18.7. The Kier molecular flexibility index (Phi) is 3.52. The SMILES string of the molecule is O=C(O)C1CC(=O)N(c2c(Br)cccc2[N+](=O)[O-])C1. The lowest BCUT2D eigenvalue weighted by Gasteiger charge is -2.17. The predicted octanol–water partition coefficient (Wildman–Crippen LogP) is 1.79. The van der Waals surface area contributed by atoms with E-state index in [2.05, 4.69) is 15.9 Å². The zero-order valence-electron chi connectivity index (χ0n) is 9.58. The average molecular weight is 329 g/mol. The molecular weight excluding hydrogens is 320 g/mol. The molecule has 1 heterocycles. The minimum Gasteiger partial charge on any atom is -0.481 e. The van der Waals surface area contributed by atoms with Gasteiger partial charge in [-0.2, -0.15) is 0 Å². The summed E-state index contributed by atoms with van der Waals surface area (Å²) in [4.78, 5) is 34.3. The van der Waals surface area contributed by atoms with E-state index >= 15 is 0 Å². The van der Waals surface area contributed by atoms with Gasteiger partial charge >= 0.3 is 5.97 Å². The van der Waals surface area contributed by atoms with E-state index in [0.717, 1.165) is 4.90 Å². The van der Waals surface area contributed by atoms with Crippen LogP contribution in [-0.2, 0) is 9.59 Å². The molecule has 0 aliphatic carbocycles. The van der Waals surface area contributed by atoms with Crippen LogP contribution in [0.25, 0.3) is 0 Å². The van der Waals surface area contributed by atoms with Crippen molar-refractivity contribution in [3.05, 3.63) is 32.8 Å². The van der Waals surface area contributed by atoms with Crippen molar-refractivity contribution in [2.75, 3.05) is 11.4 Å². The van der Waals surface area contributed by atoms with Crippen molar-refractivity contribution in [1.82, 2.24) is 0 Å². The van der Waals surface area contributed by atoms with Crippen molar-refractivity contribution in [1.29, 1.82) is 0 Å². The number of halogens is 1. The number of anilines is 1. The molecule has 19 heavy (non-hydrogen) atoms. The molecule has 1 aromatic rings. The molecule has 8 heteroatoms. The number of rotatable bonds is 3. The van der Waals surface area contributed by atoms with Gasteiger partial charge in [0.05, 0.1) is 10.8 Å². The Morgan fingerprint density at radius 3 is 2.74 bits per heavy atom. The molecule has 1 aromatic carbocycles. The number of carbonyl (C=O) groups excluding carboxylic acids is 1. The highest BCUT2D eigenvalue weighted by Gasteiger charge is 2.38. The summed E-state index contributed by atoms with van der Waals surface area (Å²) in [6.45, 7) is -0.0579. The van der Waals surface area contributed by atoms with E-state index < -0.39 is 22.7 Å². The minimum atomic E-state index is -1.08. The van der Waals surface area contributed by atoms with Crippen LogP contribution in [-0.4, -0.2) is 28.5 Å². The first-order chi connectivity index (χ1) is 8.91. The van der Waals surface area contributed by atoms with Crippen LogP contribution in [0.4, 0.5) is 11.4 Å². The van der Waals surface area contributed by atoms with Gasteiger partial charge in [0.25, 0.3) is 5.69 Å².